The first-order valence-electron chi connectivity index (χ1n) is 15.8. The van der Waals surface area contributed by atoms with Crippen LogP contribution in [0.4, 0.5) is 9.18 Å². The minimum absolute atomic E-state index is 0.0193. The number of alkyl carbamates (subject to hydrolysis) is 1. The number of hydrogen-bond acceptors (Lipinski definition) is 14. The standard InChI is InChI=1S/C31H43FN2O14/c1-28-10-9-18(35)12-17(28)7-8-19-20-13-22(36)31(43,29(20,2)14-23(37)30(19,28)32)24(38)16-47-27(42)33-21(26(40)41)15-46-25(39)6-4-3-5-11-48-34(44)45/h9-10,12,19-23,36-37,43-45H,3-8,11,13-16H2,1-2H3,(H,33,42)(H,40,41)/t19-,20-,21?,22+,23-,28-,29-,30-,31?/m0/s1. The molecule has 4 aliphatic carbocycles. The number of esters is 1. The van der Waals surface area contributed by atoms with Crippen LogP contribution in [0, 0.1) is 22.7 Å². The summed E-state index contributed by atoms with van der Waals surface area (Å²) in [5, 5.41) is 62.1. The number of hydrogen-bond donors (Lipinski definition) is 7. The molecule has 4 aliphatic rings. The van der Waals surface area contributed by atoms with E-state index in [0.717, 1.165) is 0 Å². The molecule has 2 unspecified atom stereocenters. The van der Waals surface area contributed by atoms with E-state index >= 15 is 4.39 Å². The van der Waals surface area contributed by atoms with Gasteiger partial charge in [-0.15, -0.1) is 0 Å². The summed E-state index contributed by atoms with van der Waals surface area (Å²) in [7, 11) is 0. The largest absolute Gasteiger partial charge is 0.480 e. The van der Waals surface area contributed by atoms with Crippen LogP contribution in [0.5, 0.6) is 0 Å². The minimum Gasteiger partial charge on any atom is -0.480 e. The maximum Gasteiger partial charge on any atom is 0.408 e. The van der Waals surface area contributed by atoms with Crippen molar-refractivity contribution in [2.45, 2.75) is 94.7 Å². The van der Waals surface area contributed by atoms with Crippen LogP contribution >= 0.6 is 0 Å². The highest BCUT2D eigenvalue weighted by molar-refractivity contribution is 6.01. The highest BCUT2D eigenvalue weighted by Gasteiger charge is 2.76. The summed E-state index contributed by atoms with van der Waals surface area (Å²) in [6.07, 6.45) is 0.264. The maximum absolute atomic E-state index is 17.3. The molecule has 3 saturated carbocycles. The van der Waals surface area contributed by atoms with Gasteiger partial charge in [0.1, 0.15) is 6.61 Å². The fraction of sp³-hybridized carbons (Fsp3) is 0.710. The minimum atomic E-state index is -2.56. The van der Waals surface area contributed by atoms with Crippen LogP contribution < -0.4 is 5.32 Å². The van der Waals surface area contributed by atoms with Gasteiger partial charge in [-0.3, -0.25) is 29.6 Å². The molecular formula is C31H43FN2O14. The van der Waals surface area contributed by atoms with Crippen molar-refractivity contribution in [1.29, 1.82) is 0 Å². The van der Waals surface area contributed by atoms with E-state index < -0.39 is 101 Å². The number of aliphatic hydroxyl groups excluding tert-OH is 2. The van der Waals surface area contributed by atoms with Gasteiger partial charge < -0.3 is 35.2 Å². The van der Waals surface area contributed by atoms with E-state index in [9.17, 15) is 44.4 Å². The summed E-state index contributed by atoms with van der Waals surface area (Å²) >= 11 is 0. The summed E-state index contributed by atoms with van der Waals surface area (Å²) in [5.74, 6) is -5.45. The van der Waals surface area contributed by atoms with Gasteiger partial charge in [0, 0.05) is 23.2 Å². The molecule has 4 rings (SSSR count). The number of ether oxygens (including phenoxy) is 2. The van der Waals surface area contributed by atoms with Crippen LogP contribution in [0.1, 0.15) is 65.2 Å². The Morgan fingerprint density at radius 3 is 2.46 bits per heavy atom. The second-order valence-electron chi connectivity index (χ2n) is 13.4. The van der Waals surface area contributed by atoms with Crippen molar-refractivity contribution in [3.8, 4) is 0 Å². The molecule has 0 heterocycles. The third kappa shape index (κ3) is 6.64. The Kier molecular flexibility index (Phi) is 11.1. The molecule has 0 bridgehead atoms. The van der Waals surface area contributed by atoms with Gasteiger partial charge in [0.2, 0.25) is 5.78 Å². The number of alkyl halides is 1. The number of fused-ring (bicyclic) bond motifs is 5. The van der Waals surface area contributed by atoms with Crippen LogP contribution in [0.2, 0.25) is 0 Å². The van der Waals surface area contributed by atoms with Crippen molar-refractivity contribution in [3.63, 3.8) is 0 Å². The molecule has 0 aromatic carbocycles. The smallest absolute Gasteiger partial charge is 0.408 e. The first-order valence-corrected chi connectivity index (χ1v) is 15.8. The average molecular weight is 687 g/mol. The molecule has 9 atom stereocenters. The number of unbranched alkanes of at least 4 members (excludes halogenated alkanes) is 2. The zero-order valence-corrected chi connectivity index (χ0v) is 26.7. The SMILES string of the molecule is C[C@]12C[C@H](O)[C@@]3(F)[C@@H](CCC4=CC(=O)C=C[C@@]43C)[C@@H]1C[C@@H](O)C2(O)C(=O)COC(=O)NC(COC(=O)CCCCCON(O)O)C(=O)O. The van der Waals surface area contributed by atoms with Crippen molar-refractivity contribution in [2.75, 3.05) is 19.8 Å². The number of carboxylic acids is 1. The second-order valence-corrected chi connectivity index (χ2v) is 13.4. The molecule has 7 N–H and O–H groups in total. The Morgan fingerprint density at radius 1 is 1.08 bits per heavy atom. The van der Waals surface area contributed by atoms with Crippen LogP contribution in [0.3, 0.4) is 0 Å². The number of halogens is 1. The third-order valence-corrected chi connectivity index (χ3v) is 10.9. The van der Waals surface area contributed by atoms with Gasteiger partial charge in [-0.2, -0.15) is 0 Å². The monoisotopic (exact) mass is 686 g/mol. The van der Waals surface area contributed by atoms with Crippen molar-refractivity contribution in [2.24, 2.45) is 22.7 Å². The van der Waals surface area contributed by atoms with Gasteiger partial charge in [-0.25, -0.2) is 14.0 Å². The number of carbonyl (C=O) groups is 5. The van der Waals surface area contributed by atoms with Gasteiger partial charge in [-0.1, -0.05) is 25.0 Å². The Hall–Kier alpha value is -3.32. The summed E-state index contributed by atoms with van der Waals surface area (Å²) in [5.41, 5.74) is -7.15. The number of Topliss-reactive ketones (excluding diaryl/α,β-unsaturated/α-hetero) is 1. The Morgan fingerprint density at radius 2 is 1.79 bits per heavy atom. The van der Waals surface area contributed by atoms with E-state index in [1.807, 2.05) is 5.32 Å². The van der Waals surface area contributed by atoms with E-state index in [4.69, 9.17) is 19.9 Å². The highest BCUT2D eigenvalue weighted by atomic mass is 19.1. The molecule has 0 saturated heterocycles. The van der Waals surface area contributed by atoms with Crippen molar-refractivity contribution >= 4 is 29.6 Å². The number of aliphatic hydroxyl groups is 3. The number of ketones is 2. The normalized spacial score (nSPS) is 35.9. The van der Waals surface area contributed by atoms with Crippen LogP contribution in [0.15, 0.2) is 23.8 Å². The molecule has 0 radical (unpaired) electrons. The molecule has 0 spiro atoms. The van der Waals surface area contributed by atoms with Crippen LogP contribution in [-0.2, 0) is 33.5 Å². The average Bonchev–Trinajstić information content (AvgIpc) is 3.21. The number of carbonyl (C=O) groups excluding carboxylic acids is 4. The molecule has 16 nitrogen and oxygen atoms in total. The Bertz CT molecular complexity index is 1360. The number of carboxylic acid groups (broad SMARTS) is 1. The van der Waals surface area contributed by atoms with Gasteiger partial charge in [0.15, 0.2) is 29.7 Å². The number of nitrogens with zero attached hydrogens (tertiary/aromatic N) is 1. The number of aliphatic carboxylic acids is 1. The molecule has 17 heteroatoms. The van der Waals surface area contributed by atoms with Crippen molar-refractivity contribution < 1.29 is 73.5 Å². The topological polar surface area (TPSA) is 250 Å². The third-order valence-electron chi connectivity index (χ3n) is 10.9. The van der Waals surface area contributed by atoms with E-state index in [0.29, 0.717) is 31.3 Å². The van der Waals surface area contributed by atoms with E-state index in [1.54, 1.807) is 6.92 Å². The van der Waals surface area contributed by atoms with Gasteiger partial charge in [0.25, 0.3) is 0 Å². The first-order chi connectivity index (χ1) is 22.4. The molecule has 0 aliphatic heterocycles. The van der Waals surface area contributed by atoms with Crippen molar-refractivity contribution in [3.05, 3.63) is 23.8 Å². The lowest BCUT2D eigenvalue weighted by Crippen LogP contribution is -2.69. The van der Waals surface area contributed by atoms with E-state index in [2.05, 4.69) is 4.84 Å². The molecule has 1 amide bonds. The summed E-state index contributed by atoms with van der Waals surface area (Å²) in [4.78, 5) is 65.9. The molecule has 268 valence electrons. The predicted octanol–water partition coefficient (Wildman–Crippen LogP) is 0.923. The first kappa shape index (κ1) is 37.5. The molecular weight excluding hydrogens is 643 g/mol. The highest BCUT2D eigenvalue weighted by Crippen LogP contribution is 2.69. The van der Waals surface area contributed by atoms with E-state index in [1.165, 1.54) is 25.2 Å². The second kappa shape index (κ2) is 14.3. The van der Waals surface area contributed by atoms with Gasteiger partial charge in [-0.05, 0) is 63.5 Å². The number of nitrogens with one attached hydrogen (secondary N) is 1. The summed E-state index contributed by atoms with van der Waals surface area (Å²) in [6, 6.07) is -1.76. The van der Waals surface area contributed by atoms with Gasteiger partial charge in [0.05, 0.1) is 24.2 Å². The lowest BCUT2D eigenvalue weighted by Gasteiger charge is -2.62. The maximum atomic E-state index is 17.3. The molecule has 0 aromatic rings. The van der Waals surface area contributed by atoms with Crippen molar-refractivity contribution in [1.82, 2.24) is 10.7 Å². The quantitative estimate of drug-likeness (QED) is 0.0763. The van der Waals surface area contributed by atoms with Crippen LogP contribution in [-0.4, -0.2) is 115 Å². The molecule has 0 aromatic heterocycles. The molecule has 3 fully saturated rings. The fourth-order valence-corrected chi connectivity index (χ4v) is 8.27. The Labute approximate surface area is 275 Å². The zero-order valence-electron chi connectivity index (χ0n) is 26.7. The fourth-order valence-electron chi connectivity index (χ4n) is 8.27. The van der Waals surface area contributed by atoms with Crippen LogP contribution in [0.25, 0.3) is 0 Å². The summed E-state index contributed by atoms with van der Waals surface area (Å²) < 4.78 is 27.1. The number of amides is 1. The predicted molar refractivity (Wildman–Crippen MR) is 156 cm³/mol. The van der Waals surface area contributed by atoms with Gasteiger partial charge >= 0.3 is 18.0 Å². The summed E-state index contributed by atoms with van der Waals surface area (Å²) in [6.45, 7) is 1.19. The number of rotatable bonds is 14. The Balaban J connectivity index is 1.35. The number of allylic oxidation sites excluding steroid dienone is 4. The lowest BCUT2D eigenvalue weighted by atomic mass is 9.44. The lowest BCUT2D eigenvalue weighted by molar-refractivity contribution is -0.492. The van der Waals surface area contributed by atoms with E-state index in [-0.39, 0.29) is 31.7 Å². The molecule has 48 heavy (non-hydrogen) atoms. The zero-order chi connectivity index (χ0) is 35.7.